The highest BCUT2D eigenvalue weighted by molar-refractivity contribution is 5.69. The van der Waals surface area contributed by atoms with Crippen molar-refractivity contribution in [3.05, 3.63) is 0 Å². The maximum absolute atomic E-state index is 11.7. The van der Waals surface area contributed by atoms with Crippen LogP contribution in [0, 0.1) is 5.41 Å². The Labute approximate surface area is 97.1 Å². The summed E-state index contributed by atoms with van der Waals surface area (Å²) in [5, 5.41) is 0. The predicted molar refractivity (Wildman–Crippen MR) is 62.1 cm³/mol. The van der Waals surface area contributed by atoms with Gasteiger partial charge in [0, 0.05) is 24.0 Å². The van der Waals surface area contributed by atoms with Crippen LogP contribution in [0.2, 0.25) is 0 Å². The second kappa shape index (κ2) is 3.13. The lowest BCUT2D eigenvalue weighted by Crippen LogP contribution is -2.70. The van der Waals surface area contributed by atoms with Crippen LogP contribution in [-0.2, 0) is 4.74 Å². The van der Waals surface area contributed by atoms with Crippen LogP contribution in [0.1, 0.15) is 40.5 Å². The molecule has 1 heterocycles. The average Bonchev–Trinajstić information content (AvgIpc) is 1.90. The quantitative estimate of drug-likeness (QED) is 0.684. The highest BCUT2D eigenvalue weighted by atomic mass is 16.6. The molecule has 0 radical (unpaired) electrons. The number of carbonyl (C=O) groups excluding carboxylic acids is 1. The topological polar surface area (TPSA) is 55.6 Å². The zero-order chi connectivity index (χ0) is 12.2. The van der Waals surface area contributed by atoms with E-state index in [1.165, 1.54) is 0 Å². The van der Waals surface area contributed by atoms with E-state index in [2.05, 4.69) is 6.92 Å². The first-order valence-corrected chi connectivity index (χ1v) is 5.88. The monoisotopic (exact) mass is 226 g/mol. The lowest BCUT2D eigenvalue weighted by Gasteiger charge is -2.62. The molecule has 1 saturated heterocycles. The van der Waals surface area contributed by atoms with E-state index >= 15 is 0 Å². The van der Waals surface area contributed by atoms with Crippen molar-refractivity contribution in [3.63, 3.8) is 0 Å². The number of hydrogen-bond donors (Lipinski definition) is 1. The Hall–Kier alpha value is -0.770. The van der Waals surface area contributed by atoms with E-state index in [0.717, 1.165) is 25.9 Å². The molecule has 1 aliphatic carbocycles. The molecule has 1 aliphatic heterocycles. The molecule has 0 aromatic rings. The molecule has 4 heteroatoms. The first-order valence-electron chi connectivity index (χ1n) is 5.88. The maximum atomic E-state index is 11.7. The smallest absolute Gasteiger partial charge is 0.410 e. The van der Waals surface area contributed by atoms with Crippen molar-refractivity contribution < 1.29 is 9.53 Å². The van der Waals surface area contributed by atoms with Gasteiger partial charge in [-0.2, -0.15) is 0 Å². The average molecular weight is 226 g/mol. The van der Waals surface area contributed by atoms with Gasteiger partial charge in [0.15, 0.2) is 0 Å². The summed E-state index contributed by atoms with van der Waals surface area (Å²) in [4.78, 5) is 13.5. The van der Waals surface area contributed by atoms with Gasteiger partial charge < -0.3 is 15.4 Å². The normalized spacial score (nSPS) is 25.9. The van der Waals surface area contributed by atoms with Gasteiger partial charge in [-0.1, -0.05) is 0 Å². The summed E-state index contributed by atoms with van der Waals surface area (Å²) in [6.07, 6.45) is 1.86. The van der Waals surface area contributed by atoms with Gasteiger partial charge in [0.2, 0.25) is 0 Å². The molecule has 0 atom stereocenters. The number of ether oxygens (including phenoxy) is 1. The van der Waals surface area contributed by atoms with Crippen molar-refractivity contribution >= 4 is 6.09 Å². The second-order valence-electron chi connectivity index (χ2n) is 6.84. The molecule has 2 fully saturated rings. The fraction of sp³-hybridized carbons (Fsp3) is 0.917. The third-order valence-electron chi connectivity index (χ3n) is 3.26. The summed E-state index contributed by atoms with van der Waals surface area (Å²) in [5.41, 5.74) is 5.89. The highest BCUT2D eigenvalue weighted by Crippen LogP contribution is 2.52. The molecule has 16 heavy (non-hydrogen) atoms. The minimum absolute atomic E-state index is 0.0139. The van der Waals surface area contributed by atoms with Gasteiger partial charge in [0.25, 0.3) is 0 Å². The second-order valence-corrected chi connectivity index (χ2v) is 6.84. The van der Waals surface area contributed by atoms with Crippen LogP contribution in [0.5, 0.6) is 0 Å². The molecule has 1 saturated carbocycles. The lowest BCUT2D eigenvalue weighted by atomic mass is 9.55. The van der Waals surface area contributed by atoms with E-state index in [4.69, 9.17) is 10.5 Å². The van der Waals surface area contributed by atoms with E-state index in [1.807, 2.05) is 20.8 Å². The van der Waals surface area contributed by atoms with Gasteiger partial charge in [-0.05, 0) is 40.5 Å². The standard InChI is InChI=1S/C12H22N2O2/c1-10(2,3)16-9(15)14-7-12(8-14)5-11(4,13)6-12/h5-8,13H2,1-4H3. The first-order chi connectivity index (χ1) is 7.11. The molecule has 2 rings (SSSR count). The molecular formula is C12H22N2O2. The van der Waals surface area contributed by atoms with Gasteiger partial charge in [0.05, 0.1) is 0 Å². The van der Waals surface area contributed by atoms with E-state index in [1.54, 1.807) is 4.90 Å². The first kappa shape index (κ1) is 11.7. The van der Waals surface area contributed by atoms with Crippen molar-refractivity contribution in [1.29, 1.82) is 0 Å². The molecule has 0 aromatic carbocycles. The number of amides is 1. The van der Waals surface area contributed by atoms with Crippen LogP contribution >= 0.6 is 0 Å². The van der Waals surface area contributed by atoms with Crippen molar-refractivity contribution in [2.24, 2.45) is 11.1 Å². The number of hydrogen-bond acceptors (Lipinski definition) is 3. The van der Waals surface area contributed by atoms with E-state index < -0.39 is 5.60 Å². The maximum Gasteiger partial charge on any atom is 0.410 e. The molecule has 2 aliphatic rings. The number of likely N-dealkylation sites (tertiary alicyclic amines) is 1. The minimum atomic E-state index is -0.401. The zero-order valence-corrected chi connectivity index (χ0v) is 10.7. The van der Waals surface area contributed by atoms with Crippen LogP contribution in [0.4, 0.5) is 4.79 Å². The summed E-state index contributed by atoms with van der Waals surface area (Å²) < 4.78 is 5.31. The van der Waals surface area contributed by atoms with Crippen molar-refractivity contribution in [2.75, 3.05) is 13.1 Å². The predicted octanol–water partition coefficient (Wildman–Crippen LogP) is 1.73. The largest absolute Gasteiger partial charge is 0.444 e. The Morgan fingerprint density at radius 1 is 1.31 bits per heavy atom. The molecule has 1 amide bonds. The molecular weight excluding hydrogens is 204 g/mol. The highest BCUT2D eigenvalue weighted by Gasteiger charge is 2.57. The van der Waals surface area contributed by atoms with Gasteiger partial charge in [-0.15, -0.1) is 0 Å². The third kappa shape index (κ3) is 2.17. The van der Waals surface area contributed by atoms with Crippen molar-refractivity contribution in [3.8, 4) is 0 Å². The Morgan fingerprint density at radius 3 is 2.19 bits per heavy atom. The Balaban J connectivity index is 1.79. The van der Waals surface area contributed by atoms with Crippen LogP contribution in [-0.4, -0.2) is 35.2 Å². The van der Waals surface area contributed by atoms with Gasteiger partial charge in [0.1, 0.15) is 5.60 Å². The Bertz CT molecular complexity index is 301. The number of rotatable bonds is 0. The summed E-state index contributed by atoms with van der Waals surface area (Å²) >= 11 is 0. The molecule has 4 nitrogen and oxygen atoms in total. The third-order valence-corrected chi connectivity index (χ3v) is 3.26. The minimum Gasteiger partial charge on any atom is -0.444 e. The molecule has 0 unspecified atom stereocenters. The molecule has 92 valence electrons. The van der Waals surface area contributed by atoms with Crippen LogP contribution in [0.25, 0.3) is 0 Å². The van der Waals surface area contributed by atoms with Crippen LogP contribution in [0.3, 0.4) is 0 Å². The molecule has 0 aromatic heterocycles. The van der Waals surface area contributed by atoms with Gasteiger partial charge >= 0.3 is 6.09 Å². The van der Waals surface area contributed by atoms with Crippen molar-refractivity contribution in [1.82, 2.24) is 4.90 Å². The lowest BCUT2D eigenvalue weighted by molar-refractivity contribution is -0.1000. The molecule has 1 spiro atoms. The van der Waals surface area contributed by atoms with Crippen LogP contribution in [0.15, 0.2) is 0 Å². The Morgan fingerprint density at radius 2 is 1.81 bits per heavy atom. The fourth-order valence-corrected chi connectivity index (χ4v) is 3.10. The zero-order valence-electron chi connectivity index (χ0n) is 10.7. The summed E-state index contributed by atoms with van der Waals surface area (Å²) in [6, 6.07) is 0. The number of nitrogens with zero attached hydrogens (tertiary/aromatic N) is 1. The summed E-state index contributed by atoms with van der Waals surface area (Å²) in [5.74, 6) is 0. The van der Waals surface area contributed by atoms with E-state index in [9.17, 15) is 4.79 Å². The molecule has 0 bridgehead atoms. The van der Waals surface area contributed by atoms with E-state index in [0.29, 0.717) is 5.41 Å². The van der Waals surface area contributed by atoms with Crippen LogP contribution < -0.4 is 5.73 Å². The summed E-state index contributed by atoms with van der Waals surface area (Å²) in [6.45, 7) is 9.38. The van der Waals surface area contributed by atoms with Gasteiger partial charge in [-0.3, -0.25) is 0 Å². The van der Waals surface area contributed by atoms with E-state index in [-0.39, 0.29) is 11.6 Å². The number of nitrogens with two attached hydrogens (primary N) is 1. The Kier molecular flexibility index (Phi) is 2.29. The summed E-state index contributed by atoms with van der Waals surface area (Å²) in [7, 11) is 0. The molecule has 2 N–H and O–H groups in total. The fourth-order valence-electron chi connectivity index (χ4n) is 3.10. The SMILES string of the molecule is CC1(N)CC2(CN(C(=O)OC(C)(C)C)C2)C1. The number of carbonyl (C=O) groups is 1. The van der Waals surface area contributed by atoms with Crippen molar-refractivity contribution in [2.45, 2.75) is 51.7 Å². The van der Waals surface area contributed by atoms with Gasteiger partial charge in [-0.25, -0.2) is 4.79 Å².